The largest absolute Gasteiger partial charge is 0.299 e. The van der Waals surface area contributed by atoms with E-state index in [1.165, 1.54) is 0 Å². The van der Waals surface area contributed by atoms with Crippen LogP contribution in [0.4, 0.5) is 0 Å². The van der Waals surface area contributed by atoms with Gasteiger partial charge in [0.1, 0.15) is 5.65 Å². The van der Waals surface area contributed by atoms with Crippen molar-refractivity contribution in [2.45, 2.75) is 0 Å². The number of benzene rings is 5. The van der Waals surface area contributed by atoms with Gasteiger partial charge in [-0.2, -0.15) is 0 Å². The van der Waals surface area contributed by atoms with Crippen molar-refractivity contribution in [3.05, 3.63) is 176 Å². The summed E-state index contributed by atoms with van der Waals surface area (Å²) in [7, 11) is 0. The topological polar surface area (TPSA) is 30.2 Å². The van der Waals surface area contributed by atoms with Crippen LogP contribution in [0.5, 0.6) is 0 Å². The molecule has 0 radical (unpaired) electrons. The highest BCUT2D eigenvalue weighted by molar-refractivity contribution is 5.85. The molecule has 5 aromatic carbocycles. The van der Waals surface area contributed by atoms with E-state index in [0.29, 0.717) is 6.04 Å². The summed E-state index contributed by atoms with van der Waals surface area (Å²) in [5.41, 5.74) is 13.0. The van der Waals surface area contributed by atoms with Crippen LogP contribution in [-0.2, 0) is 0 Å². The molecule has 3 nitrogen and oxygen atoms in total. The smallest absolute Gasteiger partial charge is 0.137 e. The average Bonchev–Trinajstić information content (AvgIpc) is 3.52. The summed E-state index contributed by atoms with van der Waals surface area (Å²) in [4.78, 5) is 10.1. The molecule has 0 aliphatic carbocycles. The summed E-state index contributed by atoms with van der Waals surface area (Å²) in [5.74, 6) is 0. The normalized spacial score (nSPS) is 11.4. The van der Waals surface area contributed by atoms with Gasteiger partial charge in [0.2, 0.25) is 0 Å². The maximum atomic E-state index is 8.83. The second-order valence-corrected chi connectivity index (χ2v) is 11.1. The fourth-order valence-corrected chi connectivity index (χ4v) is 5.93. The molecule has 0 N–H and O–H groups in total. The molecule has 0 saturated carbocycles. The first-order valence-electron chi connectivity index (χ1n) is 15.6. The van der Waals surface area contributed by atoms with Crippen LogP contribution in [0.3, 0.4) is 0 Å². The lowest BCUT2D eigenvalue weighted by Crippen LogP contribution is -1.92. The van der Waals surface area contributed by atoms with Gasteiger partial charge in [-0.3, -0.25) is 4.40 Å². The van der Waals surface area contributed by atoms with Crippen LogP contribution in [-0.4, -0.2) is 14.4 Å². The van der Waals surface area contributed by atoms with E-state index in [2.05, 4.69) is 89.5 Å². The molecule has 0 spiro atoms. The molecule has 3 heterocycles. The standard InChI is InChI=1S/C42H29N3/c1-4-14-30(15-5-1)38-28-37(29-39(43-38)31-16-6-2-7-17-31)35-22-12-20-33(26-35)34-21-13-23-36(27-34)42-41(32-18-8-3-9-19-32)44-40-24-10-11-25-45(40)42/h1-29H/i12D. The molecule has 0 bridgehead atoms. The molecule has 0 atom stereocenters. The fourth-order valence-electron chi connectivity index (χ4n) is 5.93. The number of rotatable bonds is 6. The van der Waals surface area contributed by atoms with Gasteiger partial charge in [-0.1, -0.05) is 133 Å². The minimum absolute atomic E-state index is 0.456. The van der Waals surface area contributed by atoms with Crippen molar-refractivity contribution in [2.24, 2.45) is 0 Å². The van der Waals surface area contributed by atoms with Crippen molar-refractivity contribution in [1.29, 1.82) is 0 Å². The zero-order valence-corrected chi connectivity index (χ0v) is 24.5. The molecule has 8 aromatic rings. The summed E-state index contributed by atoms with van der Waals surface area (Å²) in [6.07, 6.45) is 2.07. The average molecular weight is 577 g/mol. The quantitative estimate of drug-likeness (QED) is 0.197. The predicted octanol–water partition coefficient (Wildman–Crippen LogP) is 10.7. The van der Waals surface area contributed by atoms with Crippen molar-refractivity contribution < 1.29 is 1.37 Å². The third-order valence-electron chi connectivity index (χ3n) is 8.13. The first-order valence-corrected chi connectivity index (χ1v) is 15.1. The van der Waals surface area contributed by atoms with E-state index in [0.717, 1.165) is 72.9 Å². The van der Waals surface area contributed by atoms with E-state index >= 15 is 0 Å². The van der Waals surface area contributed by atoms with E-state index in [-0.39, 0.29) is 0 Å². The molecule has 0 unspecified atom stereocenters. The molecule has 0 aliphatic rings. The molecule has 8 rings (SSSR count). The summed E-state index contributed by atoms with van der Waals surface area (Å²) in [5, 5.41) is 0. The number of imidazole rings is 1. The van der Waals surface area contributed by atoms with E-state index in [4.69, 9.17) is 11.3 Å². The van der Waals surface area contributed by atoms with Gasteiger partial charge < -0.3 is 0 Å². The van der Waals surface area contributed by atoms with Gasteiger partial charge in [0, 0.05) is 28.5 Å². The van der Waals surface area contributed by atoms with E-state index in [1.54, 1.807) is 0 Å². The Labute approximate surface area is 264 Å². The Morgan fingerprint density at radius 1 is 0.400 bits per heavy atom. The Morgan fingerprint density at radius 3 is 1.58 bits per heavy atom. The lowest BCUT2D eigenvalue weighted by Gasteiger charge is -2.12. The van der Waals surface area contributed by atoms with Gasteiger partial charge in [-0.05, 0) is 58.7 Å². The van der Waals surface area contributed by atoms with Crippen molar-refractivity contribution in [3.8, 4) is 67.3 Å². The van der Waals surface area contributed by atoms with Crippen molar-refractivity contribution in [3.63, 3.8) is 0 Å². The molecule has 45 heavy (non-hydrogen) atoms. The molecule has 3 aromatic heterocycles. The minimum atomic E-state index is 0.456. The van der Waals surface area contributed by atoms with E-state index in [9.17, 15) is 0 Å². The molecular weight excluding hydrogens is 546 g/mol. The second-order valence-electron chi connectivity index (χ2n) is 11.1. The first-order chi connectivity index (χ1) is 22.7. The Balaban J connectivity index is 1.26. The first kappa shape index (κ1) is 25.4. The van der Waals surface area contributed by atoms with E-state index in [1.807, 2.05) is 84.9 Å². The third-order valence-corrected chi connectivity index (χ3v) is 8.13. The monoisotopic (exact) mass is 576 g/mol. The summed E-state index contributed by atoms with van der Waals surface area (Å²) < 4.78 is 11.0. The van der Waals surface area contributed by atoms with Crippen LogP contribution in [0.1, 0.15) is 1.37 Å². The number of nitrogens with zero attached hydrogens (tertiary/aromatic N) is 3. The van der Waals surface area contributed by atoms with Gasteiger partial charge in [-0.15, -0.1) is 0 Å². The van der Waals surface area contributed by atoms with Crippen LogP contribution in [0, 0.1) is 0 Å². The Hall–Kier alpha value is -6.06. The predicted molar refractivity (Wildman–Crippen MR) is 186 cm³/mol. The Bertz CT molecular complexity index is 2250. The Kier molecular flexibility index (Phi) is 6.53. The minimum Gasteiger partial charge on any atom is -0.299 e. The molecule has 3 heteroatoms. The fraction of sp³-hybridized carbons (Fsp3) is 0. The molecule has 212 valence electrons. The second kappa shape index (κ2) is 11.6. The molecule has 0 amide bonds. The highest BCUT2D eigenvalue weighted by atomic mass is 15.0. The third kappa shape index (κ3) is 5.21. The van der Waals surface area contributed by atoms with Gasteiger partial charge in [0.15, 0.2) is 0 Å². The number of aromatic nitrogens is 3. The molecule has 0 saturated heterocycles. The number of fused-ring (bicyclic) bond motifs is 1. The Morgan fingerprint density at radius 2 is 0.911 bits per heavy atom. The van der Waals surface area contributed by atoms with Crippen LogP contribution >= 0.6 is 0 Å². The lowest BCUT2D eigenvalue weighted by molar-refractivity contribution is 1.19. The molecule has 0 aliphatic heterocycles. The van der Waals surface area contributed by atoms with Crippen molar-refractivity contribution in [2.75, 3.05) is 0 Å². The van der Waals surface area contributed by atoms with Crippen LogP contribution < -0.4 is 0 Å². The van der Waals surface area contributed by atoms with Crippen LogP contribution in [0.25, 0.3) is 72.9 Å². The maximum absolute atomic E-state index is 8.83. The number of hydrogen-bond donors (Lipinski definition) is 0. The van der Waals surface area contributed by atoms with Crippen LogP contribution in [0.15, 0.2) is 176 Å². The highest BCUT2D eigenvalue weighted by Gasteiger charge is 2.16. The van der Waals surface area contributed by atoms with Crippen molar-refractivity contribution in [1.82, 2.24) is 14.4 Å². The summed E-state index contributed by atoms with van der Waals surface area (Å²) >= 11 is 0. The van der Waals surface area contributed by atoms with E-state index < -0.39 is 0 Å². The number of hydrogen-bond acceptors (Lipinski definition) is 2. The lowest BCUT2D eigenvalue weighted by atomic mass is 9.95. The van der Waals surface area contributed by atoms with Gasteiger partial charge in [0.05, 0.1) is 24.1 Å². The van der Waals surface area contributed by atoms with Gasteiger partial charge in [0.25, 0.3) is 0 Å². The summed E-state index contributed by atoms with van der Waals surface area (Å²) in [6, 6.07) is 56.3. The maximum Gasteiger partial charge on any atom is 0.137 e. The highest BCUT2D eigenvalue weighted by Crippen LogP contribution is 2.36. The zero-order valence-electron chi connectivity index (χ0n) is 25.5. The molecule has 0 fully saturated rings. The molecular formula is C42H29N3. The van der Waals surface area contributed by atoms with Crippen molar-refractivity contribution >= 4 is 5.65 Å². The van der Waals surface area contributed by atoms with Gasteiger partial charge in [-0.25, -0.2) is 9.97 Å². The van der Waals surface area contributed by atoms with Gasteiger partial charge >= 0.3 is 0 Å². The SMILES string of the molecule is [2H]c1cc(-c2cccc(-c3c(-c4ccccc4)nc4ccccn34)c2)cc(-c2cc(-c3ccccc3)nc(-c3ccccc3)c2)c1. The summed E-state index contributed by atoms with van der Waals surface area (Å²) in [6.45, 7) is 0. The number of pyridine rings is 2. The van der Waals surface area contributed by atoms with Crippen LogP contribution in [0.2, 0.25) is 0 Å². The zero-order chi connectivity index (χ0) is 30.9.